The van der Waals surface area contributed by atoms with Gasteiger partial charge >= 0.3 is 6.18 Å². The molecule has 0 bridgehead atoms. The molecule has 0 fully saturated rings. The summed E-state index contributed by atoms with van der Waals surface area (Å²) < 4.78 is 39.3. The SMILES string of the molecule is FC(F)(F)c1cnc(NCc2nncn2-c2ccccc2)s1. The number of hydrogen-bond donors (Lipinski definition) is 1. The third-order valence-corrected chi connectivity index (χ3v) is 3.84. The van der Waals surface area contributed by atoms with Crippen molar-refractivity contribution in [2.75, 3.05) is 5.32 Å². The van der Waals surface area contributed by atoms with E-state index in [-0.39, 0.29) is 11.7 Å². The van der Waals surface area contributed by atoms with Crippen LogP contribution in [-0.2, 0) is 12.7 Å². The van der Waals surface area contributed by atoms with Gasteiger partial charge in [0.25, 0.3) is 0 Å². The molecule has 0 aliphatic carbocycles. The zero-order valence-electron chi connectivity index (χ0n) is 11.1. The van der Waals surface area contributed by atoms with Crippen LogP contribution in [0.25, 0.3) is 5.69 Å². The molecule has 1 aromatic carbocycles. The van der Waals surface area contributed by atoms with E-state index in [1.165, 1.54) is 0 Å². The molecule has 0 radical (unpaired) electrons. The average Bonchev–Trinajstić information content (AvgIpc) is 3.14. The van der Waals surface area contributed by atoms with Gasteiger partial charge in [0.1, 0.15) is 11.2 Å². The van der Waals surface area contributed by atoms with Crippen molar-refractivity contribution < 1.29 is 13.2 Å². The van der Waals surface area contributed by atoms with Gasteiger partial charge < -0.3 is 5.32 Å². The Morgan fingerprint density at radius 2 is 1.95 bits per heavy atom. The van der Waals surface area contributed by atoms with Gasteiger partial charge in [-0.05, 0) is 12.1 Å². The highest BCUT2D eigenvalue weighted by Crippen LogP contribution is 2.35. The molecular weight excluding hydrogens is 315 g/mol. The first-order valence-electron chi connectivity index (χ1n) is 6.25. The van der Waals surface area contributed by atoms with E-state index in [1.54, 1.807) is 10.9 Å². The molecule has 0 saturated carbocycles. The number of anilines is 1. The number of thiazole rings is 1. The number of aromatic nitrogens is 4. The summed E-state index contributed by atoms with van der Waals surface area (Å²) >= 11 is 0.559. The Morgan fingerprint density at radius 3 is 2.64 bits per heavy atom. The lowest BCUT2D eigenvalue weighted by Crippen LogP contribution is -2.06. The highest BCUT2D eigenvalue weighted by molar-refractivity contribution is 7.15. The molecule has 0 spiro atoms. The molecule has 114 valence electrons. The van der Waals surface area contributed by atoms with Gasteiger partial charge in [0.15, 0.2) is 11.0 Å². The maximum atomic E-state index is 12.5. The smallest absolute Gasteiger partial charge is 0.354 e. The lowest BCUT2D eigenvalue weighted by molar-refractivity contribution is -0.134. The van der Waals surface area contributed by atoms with Gasteiger partial charge in [-0.15, -0.1) is 10.2 Å². The van der Waals surface area contributed by atoms with E-state index in [0.717, 1.165) is 11.9 Å². The van der Waals surface area contributed by atoms with Gasteiger partial charge in [-0.1, -0.05) is 29.5 Å². The second-order valence-electron chi connectivity index (χ2n) is 4.33. The zero-order chi connectivity index (χ0) is 15.6. The molecule has 9 heteroatoms. The maximum absolute atomic E-state index is 12.5. The topological polar surface area (TPSA) is 55.6 Å². The Morgan fingerprint density at radius 1 is 1.18 bits per heavy atom. The fourth-order valence-electron chi connectivity index (χ4n) is 1.83. The number of benzene rings is 1. The molecule has 3 rings (SSSR count). The molecule has 1 N–H and O–H groups in total. The first-order valence-corrected chi connectivity index (χ1v) is 7.07. The normalized spacial score (nSPS) is 11.6. The predicted octanol–water partition coefficient (Wildman–Crippen LogP) is 3.35. The van der Waals surface area contributed by atoms with E-state index < -0.39 is 11.1 Å². The van der Waals surface area contributed by atoms with E-state index in [4.69, 9.17) is 0 Å². The van der Waals surface area contributed by atoms with Crippen molar-refractivity contribution in [3.8, 4) is 5.69 Å². The molecule has 22 heavy (non-hydrogen) atoms. The van der Waals surface area contributed by atoms with Crippen LogP contribution in [0.3, 0.4) is 0 Å². The standard InChI is InChI=1S/C13H10F3N5S/c14-13(15,16)10-6-17-12(22-10)18-7-11-20-19-8-21(11)9-4-2-1-3-5-9/h1-6,8H,7H2,(H,17,18). The summed E-state index contributed by atoms with van der Waals surface area (Å²) in [6.07, 6.45) is -2.01. The first kappa shape index (κ1) is 14.5. The minimum Gasteiger partial charge on any atom is -0.354 e. The fraction of sp³-hybridized carbons (Fsp3) is 0.154. The number of rotatable bonds is 4. The third kappa shape index (κ3) is 3.08. The Balaban J connectivity index is 1.73. The minimum atomic E-state index is -4.37. The first-order chi connectivity index (χ1) is 10.5. The summed E-state index contributed by atoms with van der Waals surface area (Å²) in [5.41, 5.74) is 0.874. The van der Waals surface area contributed by atoms with Crippen molar-refractivity contribution in [2.24, 2.45) is 0 Å². The Hall–Kier alpha value is -2.42. The minimum absolute atomic E-state index is 0.190. The van der Waals surface area contributed by atoms with Gasteiger partial charge in [-0.25, -0.2) is 4.98 Å². The van der Waals surface area contributed by atoms with Gasteiger partial charge in [0, 0.05) is 5.69 Å². The van der Waals surface area contributed by atoms with E-state index >= 15 is 0 Å². The molecule has 5 nitrogen and oxygen atoms in total. The number of halogens is 3. The van der Waals surface area contributed by atoms with Crippen molar-refractivity contribution in [1.82, 2.24) is 19.7 Å². The van der Waals surface area contributed by atoms with E-state index in [1.807, 2.05) is 30.3 Å². The second-order valence-corrected chi connectivity index (χ2v) is 5.36. The summed E-state index contributed by atoms with van der Waals surface area (Å²) in [7, 11) is 0. The van der Waals surface area contributed by atoms with Crippen molar-refractivity contribution in [3.05, 3.63) is 53.6 Å². The number of para-hydroxylation sites is 1. The average molecular weight is 325 g/mol. The summed E-state index contributed by atoms with van der Waals surface area (Å²) in [5, 5.41) is 10.8. The van der Waals surface area contributed by atoms with Crippen LogP contribution < -0.4 is 5.32 Å². The molecule has 2 aromatic heterocycles. The summed E-state index contributed by atoms with van der Waals surface area (Å²) in [4.78, 5) is 2.98. The van der Waals surface area contributed by atoms with Crippen LogP contribution >= 0.6 is 11.3 Å². The van der Waals surface area contributed by atoms with E-state index in [0.29, 0.717) is 17.2 Å². The Bertz CT molecular complexity index is 750. The lowest BCUT2D eigenvalue weighted by Gasteiger charge is -2.06. The molecule has 3 aromatic rings. The van der Waals surface area contributed by atoms with Crippen LogP contribution in [0.2, 0.25) is 0 Å². The molecule has 0 atom stereocenters. The largest absolute Gasteiger partial charge is 0.427 e. The van der Waals surface area contributed by atoms with E-state index in [9.17, 15) is 13.2 Å². The molecule has 0 saturated heterocycles. The monoisotopic (exact) mass is 325 g/mol. The Kier molecular flexibility index (Phi) is 3.80. The summed E-state index contributed by atoms with van der Waals surface area (Å²) in [5.74, 6) is 0.579. The van der Waals surface area contributed by atoms with Crippen LogP contribution in [0.1, 0.15) is 10.7 Å². The second kappa shape index (κ2) is 5.76. The van der Waals surface area contributed by atoms with Gasteiger partial charge in [-0.3, -0.25) is 4.57 Å². The zero-order valence-corrected chi connectivity index (χ0v) is 11.9. The Labute approximate surface area is 127 Å². The number of nitrogens with one attached hydrogen (secondary N) is 1. The van der Waals surface area contributed by atoms with Crippen LogP contribution in [0, 0.1) is 0 Å². The fourth-order valence-corrected chi connectivity index (χ4v) is 2.50. The summed E-state index contributed by atoms with van der Waals surface area (Å²) in [6, 6.07) is 9.42. The summed E-state index contributed by atoms with van der Waals surface area (Å²) in [6.45, 7) is 0.222. The number of hydrogen-bond acceptors (Lipinski definition) is 5. The van der Waals surface area contributed by atoms with Crippen molar-refractivity contribution in [2.45, 2.75) is 12.7 Å². The van der Waals surface area contributed by atoms with Crippen LogP contribution in [-0.4, -0.2) is 19.7 Å². The molecule has 0 aliphatic heterocycles. The maximum Gasteiger partial charge on any atom is 0.427 e. The molecule has 0 unspecified atom stereocenters. The van der Waals surface area contributed by atoms with Crippen LogP contribution in [0.15, 0.2) is 42.9 Å². The third-order valence-electron chi connectivity index (χ3n) is 2.84. The predicted molar refractivity (Wildman–Crippen MR) is 75.8 cm³/mol. The van der Waals surface area contributed by atoms with Gasteiger partial charge in [0.05, 0.1) is 12.7 Å². The van der Waals surface area contributed by atoms with Crippen LogP contribution in [0.4, 0.5) is 18.3 Å². The molecular formula is C13H10F3N5S. The number of nitrogens with zero attached hydrogens (tertiary/aromatic N) is 4. The van der Waals surface area contributed by atoms with Crippen LogP contribution in [0.5, 0.6) is 0 Å². The lowest BCUT2D eigenvalue weighted by atomic mass is 10.3. The molecule has 0 aliphatic rings. The highest BCUT2D eigenvalue weighted by Gasteiger charge is 2.33. The molecule has 2 heterocycles. The molecule has 0 amide bonds. The van der Waals surface area contributed by atoms with Gasteiger partial charge in [-0.2, -0.15) is 13.2 Å². The highest BCUT2D eigenvalue weighted by atomic mass is 32.1. The van der Waals surface area contributed by atoms with E-state index in [2.05, 4.69) is 20.5 Å². The van der Waals surface area contributed by atoms with Gasteiger partial charge in [0.2, 0.25) is 0 Å². The number of alkyl halides is 3. The van der Waals surface area contributed by atoms with Crippen molar-refractivity contribution in [3.63, 3.8) is 0 Å². The quantitative estimate of drug-likeness (QED) is 0.799. The van der Waals surface area contributed by atoms with Crippen molar-refractivity contribution >= 4 is 16.5 Å². The van der Waals surface area contributed by atoms with Crippen molar-refractivity contribution in [1.29, 1.82) is 0 Å².